The molecule has 0 heterocycles. The first-order valence-electron chi connectivity index (χ1n) is 10.4. The van der Waals surface area contributed by atoms with Gasteiger partial charge in [0.2, 0.25) is 0 Å². The van der Waals surface area contributed by atoms with E-state index in [0.29, 0.717) is 41.0 Å². The molecule has 1 amide bonds. The highest BCUT2D eigenvalue weighted by molar-refractivity contribution is 9.11. The van der Waals surface area contributed by atoms with E-state index >= 15 is 0 Å². The first kappa shape index (κ1) is 26.1. The molecule has 6 nitrogen and oxygen atoms in total. The fourth-order valence-electron chi connectivity index (χ4n) is 2.94. The fourth-order valence-corrected chi connectivity index (χ4v) is 4.61. The summed E-state index contributed by atoms with van der Waals surface area (Å²) in [4.78, 5) is 12.5. The van der Waals surface area contributed by atoms with Crippen molar-refractivity contribution < 1.29 is 19.0 Å². The molecule has 0 fully saturated rings. The molecule has 0 atom stereocenters. The molecular weight excluding hydrogens is 588 g/mol. The summed E-state index contributed by atoms with van der Waals surface area (Å²) in [5, 5.41) is 4.73. The number of carbonyl (C=O) groups excluding carboxylic acids is 1. The Morgan fingerprint density at radius 2 is 1.82 bits per heavy atom. The van der Waals surface area contributed by atoms with Crippen molar-refractivity contribution in [2.45, 2.75) is 20.0 Å². The summed E-state index contributed by atoms with van der Waals surface area (Å²) in [5.41, 5.74) is 4.65. The Morgan fingerprint density at radius 3 is 2.50 bits per heavy atom. The molecule has 0 unspecified atom stereocenters. The lowest BCUT2D eigenvalue weighted by molar-refractivity contribution is 0.0954. The second-order valence-electron chi connectivity index (χ2n) is 7.15. The zero-order chi connectivity index (χ0) is 24.5. The van der Waals surface area contributed by atoms with Gasteiger partial charge in [-0.15, -0.1) is 0 Å². The summed E-state index contributed by atoms with van der Waals surface area (Å²) >= 11 is 13.1. The standard InChI is InChI=1S/C25H23Br2ClN2O4/c1-3-9-33-22-8-7-18(13-23(22)32-2)25(31)30-29-14-17-11-20(26)24(21(27)12-17)34-15-16-5-4-6-19(28)10-16/h4-8,10-14H,3,9,15H2,1-2H3,(H,30,31)/b29-14+. The van der Waals surface area contributed by atoms with Gasteiger partial charge in [0, 0.05) is 10.6 Å². The van der Waals surface area contributed by atoms with Gasteiger partial charge in [-0.3, -0.25) is 4.79 Å². The molecule has 3 rings (SSSR count). The lowest BCUT2D eigenvalue weighted by Gasteiger charge is -2.12. The maximum absolute atomic E-state index is 12.5. The van der Waals surface area contributed by atoms with E-state index in [4.69, 9.17) is 25.8 Å². The maximum Gasteiger partial charge on any atom is 0.271 e. The number of hydrazone groups is 1. The van der Waals surface area contributed by atoms with Crippen LogP contribution in [-0.2, 0) is 6.61 Å². The van der Waals surface area contributed by atoms with Gasteiger partial charge < -0.3 is 14.2 Å². The van der Waals surface area contributed by atoms with Crippen LogP contribution in [-0.4, -0.2) is 25.8 Å². The predicted octanol–water partition coefficient (Wildman–Crippen LogP) is 7.01. The summed E-state index contributed by atoms with van der Waals surface area (Å²) in [6, 6.07) is 16.2. The van der Waals surface area contributed by atoms with Crippen LogP contribution in [0.1, 0.15) is 34.8 Å². The third-order valence-electron chi connectivity index (χ3n) is 4.56. The van der Waals surface area contributed by atoms with Gasteiger partial charge >= 0.3 is 0 Å². The molecule has 0 saturated heterocycles. The highest BCUT2D eigenvalue weighted by atomic mass is 79.9. The maximum atomic E-state index is 12.5. The summed E-state index contributed by atoms with van der Waals surface area (Å²) in [6.07, 6.45) is 2.42. The third kappa shape index (κ3) is 7.22. The Kier molecular flexibility index (Phi) is 9.80. The Bertz CT molecular complexity index is 1160. The molecule has 3 aromatic rings. The topological polar surface area (TPSA) is 69.2 Å². The van der Waals surface area contributed by atoms with Crippen molar-refractivity contribution in [1.82, 2.24) is 5.43 Å². The molecule has 3 aromatic carbocycles. The zero-order valence-corrected chi connectivity index (χ0v) is 22.5. The van der Waals surface area contributed by atoms with Crippen molar-refractivity contribution >= 4 is 55.6 Å². The Labute approximate surface area is 220 Å². The van der Waals surface area contributed by atoms with Gasteiger partial charge in [0.1, 0.15) is 12.4 Å². The van der Waals surface area contributed by atoms with E-state index in [0.717, 1.165) is 26.5 Å². The van der Waals surface area contributed by atoms with Gasteiger partial charge in [-0.05, 0) is 91.9 Å². The fraction of sp³-hybridized carbons (Fsp3) is 0.200. The van der Waals surface area contributed by atoms with E-state index in [2.05, 4.69) is 42.4 Å². The highest BCUT2D eigenvalue weighted by Gasteiger charge is 2.12. The molecule has 0 radical (unpaired) electrons. The van der Waals surface area contributed by atoms with Crippen LogP contribution < -0.4 is 19.6 Å². The van der Waals surface area contributed by atoms with Crippen LogP contribution in [0.25, 0.3) is 0 Å². The van der Waals surface area contributed by atoms with Crippen LogP contribution in [0.5, 0.6) is 17.2 Å². The zero-order valence-electron chi connectivity index (χ0n) is 18.6. The molecule has 0 aliphatic rings. The van der Waals surface area contributed by atoms with E-state index in [-0.39, 0.29) is 5.91 Å². The molecule has 0 aliphatic carbocycles. The molecule has 1 N–H and O–H groups in total. The van der Waals surface area contributed by atoms with Crippen LogP contribution >= 0.6 is 43.5 Å². The van der Waals surface area contributed by atoms with Gasteiger partial charge in [-0.1, -0.05) is 30.7 Å². The number of halogens is 3. The molecule has 34 heavy (non-hydrogen) atoms. The second kappa shape index (κ2) is 12.8. The lowest BCUT2D eigenvalue weighted by atomic mass is 10.2. The van der Waals surface area contributed by atoms with Gasteiger partial charge in [-0.2, -0.15) is 5.10 Å². The lowest BCUT2D eigenvalue weighted by Crippen LogP contribution is -2.17. The van der Waals surface area contributed by atoms with Crippen LogP contribution in [0.2, 0.25) is 5.02 Å². The average Bonchev–Trinajstić information content (AvgIpc) is 2.82. The van der Waals surface area contributed by atoms with E-state index in [1.165, 1.54) is 7.11 Å². The largest absolute Gasteiger partial charge is 0.493 e. The van der Waals surface area contributed by atoms with Gasteiger partial charge in [0.15, 0.2) is 11.5 Å². The SMILES string of the molecule is CCCOc1ccc(C(=O)N/N=C/c2cc(Br)c(OCc3cccc(Cl)c3)c(Br)c2)cc1OC. The van der Waals surface area contributed by atoms with Crippen LogP contribution in [0.3, 0.4) is 0 Å². The number of hydrogen-bond donors (Lipinski definition) is 1. The minimum Gasteiger partial charge on any atom is -0.493 e. The monoisotopic (exact) mass is 608 g/mol. The summed E-state index contributed by atoms with van der Waals surface area (Å²) in [5.74, 6) is 1.37. The number of hydrogen-bond acceptors (Lipinski definition) is 5. The minimum absolute atomic E-state index is 0.365. The van der Waals surface area contributed by atoms with Crippen molar-refractivity contribution in [1.29, 1.82) is 0 Å². The van der Waals surface area contributed by atoms with Crippen LogP contribution in [0.4, 0.5) is 0 Å². The number of amides is 1. The van der Waals surface area contributed by atoms with Crippen LogP contribution in [0, 0.1) is 0 Å². The summed E-state index contributed by atoms with van der Waals surface area (Å²) < 4.78 is 18.4. The van der Waals surface area contributed by atoms with Crippen molar-refractivity contribution in [3.8, 4) is 17.2 Å². The van der Waals surface area contributed by atoms with Gasteiger partial charge in [-0.25, -0.2) is 5.43 Å². The smallest absolute Gasteiger partial charge is 0.271 e. The Morgan fingerprint density at radius 1 is 1.06 bits per heavy atom. The van der Waals surface area contributed by atoms with E-state index < -0.39 is 0 Å². The van der Waals surface area contributed by atoms with Crippen molar-refractivity contribution in [2.24, 2.45) is 5.10 Å². The van der Waals surface area contributed by atoms with Crippen molar-refractivity contribution in [3.63, 3.8) is 0 Å². The van der Waals surface area contributed by atoms with E-state index in [9.17, 15) is 4.79 Å². The Balaban J connectivity index is 1.63. The molecule has 0 saturated carbocycles. The average molecular weight is 611 g/mol. The Hall–Kier alpha value is -2.55. The van der Waals surface area contributed by atoms with Crippen molar-refractivity contribution in [3.05, 3.63) is 85.3 Å². The number of nitrogens with one attached hydrogen (secondary N) is 1. The molecule has 9 heteroatoms. The number of benzene rings is 3. The number of methoxy groups -OCH3 is 1. The number of nitrogens with zero attached hydrogens (tertiary/aromatic N) is 1. The van der Waals surface area contributed by atoms with Crippen molar-refractivity contribution in [2.75, 3.05) is 13.7 Å². The number of carbonyl (C=O) groups is 1. The normalized spacial score (nSPS) is 10.9. The first-order chi connectivity index (χ1) is 16.4. The molecule has 0 bridgehead atoms. The predicted molar refractivity (Wildman–Crippen MR) is 141 cm³/mol. The quantitative estimate of drug-likeness (QED) is 0.198. The molecule has 0 spiro atoms. The third-order valence-corrected chi connectivity index (χ3v) is 5.97. The molecular formula is C25H23Br2ClN2O4. The van der Waals surface area contributed by atoms with E-state index in [1.807, 2.05) is 43.3 Å². The summed E-state index contributed by atoms with van der Waals surface area (Å²) in [6.45, 7) is 2.96. The highest BCUT2D eigenvalue weighted by Crippen LogP contribution is 2.35. The first-order valence-corrected chi connectivity index (χ1v) is 12.4. The molecule has 0 aliphatic heterocycles. The van der Waals surface area contributed by atoms with Gasteiger partial charge in [0.05, 0.1) is 28.9 Å². The molecule has 0 aromatic heterocycles. The molecule has 178 valence electrons. The minimum atomic E-state index is -0.365. The summed E-state index contributed by atoms with van der Waals surface area (Å²) in [7, 11) is 1.53. The number of ether oxygens (including phenoxy) is 3. The van der Waals surface area contributed by atoms with Crippen LogP contribution in [0.15, 0.2) is 68.6 Å². The number of rotatable bonds is 10. The van der Waals surface area contributed by atoms with Gasteiger partial charge in [0.25, 0.3) is 5.91 Å². The second-order valence-corrected chi connectivity index (χ2v) is 9.29. The van der Waals surface area contributed by atoms with E-state index in [1.54, 1.807) is 24.4 Å².